The van der Waals surface area contributed by atoms with E-state index in [9.17, 15) is 4.79 Å². The van der Waals surface area contributed by atoms with E-state index in [1.165, 1.54) is 4.90 Å². The number of hydrogen-bond acceptors (Lipinski definition) is 3. The van der Waals surface area contributed by atoms with Crippen molar-refractivity contribution < 1.29 is 9.53 Å². The summed E-state index contributed by atoms with van der Waals surface area (Å²) in [4.78, 5) is 14.6. The largest absolute Gasteiger partial charge is 0.379 e. The number of likely N-dealkylation sites (N-methyl/N-ethyl adjacent to an activating group) is 2. The van der Waals surface area contributed by atoms with Crippen LogP contribution in [-0.4, -0.2) is 68.2 Å². The van der Waals surface area contributed by atoms with E-state index in [0.717, 1.165) is 6.16 Å². The molecule has 3 N–H and O–H groups in total. The van der Waals surface area contributed by atoms with E-state index in [2.05, 4.69) is 9.24 Å². The standard InChI is InChI=1S/C9H21N4O2P/c1-12(3-4-15-5-6-16)8(14)7-13(2)9(10)11/h3-7,16H2,1-2H3,(H3,10,11). The maximum absolute atomic E-state index is 11.6. The predicted molar refractivity (Wildman–Crippen MR) is 67.6 cm³/mol. The van der Waals surface area contributed by atoms with E-state index in [1.807, 2.05) is 0 Å². The van der Waals surface area contributed by atoms with Crippen LogP contribution in [0, 0.1) is 5.41 Å². The topological polar surface area (TPSA) is 82.7 Å². The van der Waals surface area contributed by atoms with Crippen molar-refractivity contribution in [2.75, 3.05) is 46.6 Å². The van der Waals surface area contributed by atoms with E-state index in [1.54, 1.807) is 19.0 Å². The molecule has 0 aromatic heterocycles. The third-order valence-electron chi connectivity index (χ3n) is 2.04. The number of guanidine groups is 1. The lowest BCUT2D eigenvalue weighted by atomic mass is 10.4. The first-order valence-electron chi connectivity index (χ1n) is 5.06. The fourth-order valence-electron chi connectivity index (χ4n) is 0.920. The second-order valence-corrected chi connectivity index (χ2v) is 4.03. The maximum atomic E-state index is 11.6. The number of nitrogens with two attached hydrogens (primary N) is 1. The Morgan fingerprint density at radius 1 is 1.38 bits per heavy atom. The van der Waals surface area contributed by atoms with Gasteiger partial charge in [-0.25, -0.2) is 0 Å². The van der Waals surface area contributed by atoms with Gasteiger partial charge in [-0.15, -0.1) is 9.24 Å². The number of nitrogens with one attached hydrogen (secondary N) is 1. The van der Waals surface area contributed by atoms with Gasteiger partial charge in [0.15, 0.2) is 5.96 Å². The first-order valence-corrected chi connectivity index (χ1v) is 5.87. The van der Waals surface area contributed by atoms with E-state index in [0.29, 0.717) is 19.8 Å². The highest BCUT2D eigenvalue weighted by Gasteiger charge is 2.11. The first-order chi connectivity index (χ1) is 7.49. The lowest BCUT2D eigenvalue weighted by Crippen LogP contribution is -2.42. The van der Waals surface area contributed by atoms with Crippen molar-refractivity contribution in [1.29, 1.82) is 5.41 Å². The van der Waals surface area contributed by atoms with Crippen LogP contribution in [0.2, 0.25) is 0 Å². The van der Waals surface area contributed by atoms with E-state index < -0.39 is 0 Å². The number of carbonyl (C=O) groups is 1. The molecule has 0 rings (SSSR count). The summed E-state index contributed by atoms with van der Waals surface area (Å²) in [7, 11) is 5.89. The van der Waals surface area contributed by atoms with E-state index in [4.69, 9.17) is 15.9 Å². The Balaban J connectivity index is 3.77. The third-order valence-corrected chi connectivity index (χ3v) is 2.28. The summed E-state index contributed by atoms with van der Waals surface area (Å²) < 4.78 is 5.26. The molecule has 0 fully saturated rings. The Kier molecular flexibility index (Phi) is 7.85. The molecule has 0 saturated carbocycles. The minimum absolute atomic E-state index is 0.0767. The average Bonchev–Trinajstić information content (AvgIpc) is 2.23. The molecule has 0 saturated heterocycles. The minimum Gasteiger partial charge on any atom is -0.379 e. The van der Waals surface area contributed by atoms with Crippen molar-refractivity contribution in [2.45, 2.75) is 0 Å². The van der Waals surface area contributed by atoms with Crippen LogP contribution in [0.5, 0.6) is 0 Å². The zero-order chi connectivity index (χ0) is 12.6. The number of hydrogen-bond donors (Lipinski definition) is 2. The molecule has 16 heavy (non-hydrogen) atoms. The van der Waals surface area contributed by atoms with Gasteiger partial charge in [0.05, 0.1) is 19.8 Å². The molecule has 6 nitrogen and oxygen atoms in total. The van der Waals surface area contributed by atoms with Crippen molar-refractivity contribution in [3.63, 3.8) is 0 Å². The average molecular weight is 248 g/mol. The van der Waals surface area contributed by atoms with Crippen molar-refractivity contribution in [3.8, 4) is 0 Å². The van der Waals surface area contributed by atoms with Crippen LogP contribution in [0.3, 0.4) is 0 Å². The molecule has 1 amide bonds. The van der Waals surface area contributed by atoms with Crippen LogP contribution in [0.15, 0.2) is 0 Å². The lowest BCUT2D eigenvalue weighted by Gasteiger charge is -2.21. The summed E-state index contributed by atoms with van der Waals surface area (Å²) in [5.74, 6) is -0.187. The fourth-order valence-corrected chi connectivity index (χ4v) is 1.09. The first kappa shape index (κ1) is 15.1. The number of amides is 1. The molecular weight excluding hydrogens is 227 g/mol. The normalized spacial score (nSPS) is 9.94. The molecule has 0 aliphatic rings. The summed E-state index contributed by atoms with van der Waals surface area (Å²) in [5, 5.41) is 7.13. The van der Waals surface area contributed by atoms with Gasteiger partial charge >= 0.3 is 0 Å². The zero-order valence-electron chi connectivity index (χ0n) is 9.90. The Hall–Kier alpha value is -0.870. The fraction of sp³-hybridized carbons (Fsp3) is 0.778. The molecule has 0 aliphatic heterocycles. The van der Waals surface area contributed by atoms with E-state index in [-0.39, 0.29) is 18.4 Å². The molecule has 0 aliphatic carbocycles. The third kappa shape index (κ3) is 6.58. The molecule has 0 spiro atoms. The van der Waals surface area contributed by atoms with Crippen molar-refractivity contribution in [1.82, 2.24) is 9.80 Å². The SMILES string of the molecule is CN(CC(=O)N(C)CCOCCP)C(=N)N. The molecule has 94 valence electrons. The van der Waals surface area contributed by atoms with Crippen LogP contribution in [-0.2, 0) is 9.53 Å². The van der Waals surface area contributed by atoms with Gasteiger partial charge < -0.3 is 20.3 Å². The molecule has 1 unspecified atom stereocenters. The van der Waals surface area contributed by atoms with Crippen LogP contribution in [0.4, 0.5) is 0 Å². The van der Waals surface area contributed by atoms with E-state index >= 15 is 0 Å². The summed E-state index contributed by atoms with van der Waals surface area (Å²) in [6.07, 6.45) is 0.894. The van der Waals surface area contributed by atoms with Gasteiger partial charge in [-0.05, 0) is 6.16 Å². The van der Waals surface area contributed by atoms with Gasteiger partial charge in [0, 0.05) is 20.6 Å². The highest BCUT2D eigenvalue weighted by atomic mass is 31.0. The second-order valence-electron chi connectivity index (χ2n) is 3.46. The second kappa shape index (κ2) is 8.30. The summed E-state index contributed by atoms with van der Waals surface area (Å²) in [6.45, 7) is 1.88. The number of rotatable bonds is 7. The Labute approximate surface area is 98.8 Å². The zero-order valence-corrected chi connectivity index (χ0v) is 11.1. The summed E-state index contributed by atoms with van der Waals surface area (Å²) in [5.41, 5.74) is 5.24. The Morgan fingerprint density at radius 2 is 2.00 bits per heavy atom. The number of nitrogens with zero attached hydrogens (tertiary/aromatic N) is 2. The van der Waals surface area contributed by atoms with Crippen molar-refractivity contribution >= 4 is 21.1 Å². The molecule has 0 radical (unpaired) electrons. The Morgan fingerprint density at radius 3 is 2.50 bits per heavy atom. The van der Waals surface area contributed by atoms with Gasteiger partial charge in [0.2, 0.25) is 5.91 Å². The number of carbonyl (C=O) groups excluding carboxylic acids is 1. The van der Waals surface area contributed by atoms with Gasteiger partial charge in [0.1, 0.15) is 0 Å². The minimum atomic E-state index is -0.110. The summed E-state index contributed by atoms with van der Waals surface area (Å²) in [6, 6.07) is 0. The molecule has 7 heteroatoms. The van der Waals surface area contributed by atoms with Gasteiger partial charge in [-0.1, -0.05) is 0 Å². The van der Waals surface area contributed by atoms with Crippen LogP contribution in [0.25, 0.3) is 0 Å². The smallest absolute Gasteiger partial charge is 0.242 e. The van der Waals surface area contributed by atoms with Crippen LogP contribution < -0.4 is 5.73 Å². The van der Waals surface area contributed by atoms with Crippen LogP contribution >= 0.6 is 9.24 Å². The lowest BCUT2D eigenvalue weighted by molar-refractivity contribution is -0.130. The van der Waals surface area contributed by atoms with Crippen molar-refractivity contribution in [3.05, 3.63) is 0 Å². The highest BCUT2D eigenvalue weighted by Crippen LogP contribution is 1.90. The summed E-state index contributed by atoms with van der Waals surface area (Å²) >= 11 is 0. The molecule has 0 aromatic carbocycles. The quantitative estimate of drug-likeness (QED) is 0.266. The Bertz CT molecular complexity index is 238. The molecule has 0 heterocycles. The molecular formula is C9H21N4O2P. The van der Waals surface area contributed by atoms with Gasteiger partial charge in [0.25, 0.3) is 0 Å². The molecule has 0 aromatic rings. The van der Waals surface area contributed by atoms with Gasteiger partial charge in [-0.3, -0.25) is 10.2 Å². The monoisotopic (exact) mass is 248 g/mol. The highest BCUT2D eigenvalue weighted by molar-refractivity contribution is 7.16. The van der Waals surface area contributed by atoms with Crippen LogP contribution in [0.1, 0.15) is 0 Å². The van der Waals surface area contributed by atoms with Gasteiger partial charge in [-0.2, -0.15) is 0 Å². The van der Waals surface area contributed by atoms with Crippen molar-refractivity contribution in [2.24, 2.45) is 5.73 Å². The molecule has 1 atom stereocenters. The maximum Gasteiger partial charge on any atom is 0.242 e. The predicted octanol–water partition coefficient (Wildman–Crippen LogP) is -0.838. The number of ether oxygens (including phenoxy) is 1. The molecule has 0 bridgehead atoms.